The zero-order chi connectivity index (χ0) is 112. The molecule has 2 rings (SSSR count). The lowest BCUT2D eigenvalue weighted by Gasteiger charge is -2.39. The van der Waals surface area contributed by atoms with E-state index in [9.17, 15) is 156 Å². The van der Waals surface area contributed by atoms with Crippen LogP contribution in [0.25, 0.3) is 0 Å². The zero-order valence-corrected chi connectivity index (χ0v) is 84.4. The minimum Gasteiger partial charge on any atom is -0.508 e. The van der Waals surface area contributed by atoms with Crippen molar-refractivity contribution in [2.45, 2.75) is 289 Å². The molecule has 147 heavy (non-hydrogen) atoms. The number of carbonyl (C=O) groups is 24. The number of rotatable bonds is 64. The zero-order valence-electron chi connectivity index (χ0n) is 84.4. The van der Waals surface area contributed by atoms with Crippen LogP contribution in [0.2, 0.25) is 0 Å². The molecule has 0 saturated heterocycles. The van der Waals surface area contributed by atoms with Gasteiger partial charge in [0, 0.05) is 26.3 Å². The van der Waals surface area contributed by atoms with Gasteiger partial charge in [-0.05, 0) is 117 Å². The van der Waals surface area contributed by atoms with Gasteiger partial charge in [-0.3, -0.25) is 110 Å². The van der Waals surface area contributed by atoms with E-state index < -0.39 is 350 Å². The molecular formula is C91H144N24O32. The fourth-order valence-electron chi connectivity index (χ4n) is 14.3. The number of aliphatic hydroxyl groups excluding tert-OH is 4. The van der Waals surface area contributed by atoms with Gasteiger partial charge in [0.1, 0.15) is 114 Å². The van der Waals surface area contributed by atoms with Crippen LogP contribution in [0, 0.1) is 29.1 Å². The topological polar surface area (TPSA) is 935 Å². The molecule has 0 aliphatic carbocycles. The molecule has 0 fully saturated rings. The first kappa shape index (κ1) is 128. The third kappa shape index (κ3) is 44.3. The van der Waals surface area contributed by atoms with Crippen LogP contribution in [-0.2, 0) is 128 Å². The van der Waals surface area contributed by atoms with Gasteiger partial charge in [0.25, 0.3) is 0 Å². The summed E-state index contributed by atoms with van der Waals surface area (Å²) < 4.78 is 0. The summed E-state index contributed by atoms with van der Waals surface area (Å²) >= 11 is 0. The molecule has 820 valence electrons. The van der Waals surface area contributed by atoms with Crippen molar-refractivity contribution in [3.63, 3.8) is 0 Å². The number of amides is 22. The average molecular weight is 2090 g/mol. The summed E-state index contributed by atoms with van der Waals surface area (Å²) in [6.45, 7) is 16.1. The number of nitrogens with two attached hydrogens (primary N) is 6. The number of unbranched alkanes of at least 4 members (excludes halogenated alkanes) is 1. The fourth-order valence-corrected chi connectivity index (χ4v) is 14.3. The van der Waals surface area contributed by atoms with E-state index in [0.717, 1.165) is 14.0 Å². The molecule has 0 aliphatic heterocycles. The van der Waals surface area contributed by atoms with Crippen molar-refractivity contribution in [2.24, 2.45) is 63.5 Å². The normalized spacial score (nSPS) is 15.4. The Morgan fingerprint density at radius 1 is 0.347 bits per heavy atom. The predicted octanol–water partition coefficient (Wildman–Crippen LogP) is -12.1. The van der Waals surface area contributed by atoms with Crippen LogP contribution in [0.5, 0.6) is 11.5 Å². The molecule has 0 aliphatic rings. The number of benzene rings is 2. The molecule has 37 N–H and O–H groups in total. The Labute approximate surface area is 846 Å². The average Bonchev–Trinajstić information content (AvgIpc) is 0.803. The third-order valence-electron chi connectivity index (χ3n) is 22.5. The molecule has 0 saturated carbocycles. The number of carboxylic acids is 2. The highest BCUT2D eigenvalue weighted by molar-refractivity contribution is 6.04. The summed E-state index contributed by atoms with van der Waals surface area (Å²) in [4.78, 5) is 328. The Kier molecular flexibility index (Phi) is 53.5. The largest absolute Gasteiger partial charge is 0.508 e. The number of phenols is 2. The third-order valence-corrected chi connectivity index (χ3v) is 22.5. The second-order valence-corrected chi connectivity index (χ2v) is 37.6. The number of phenolic OH excluding ortho intramolecular Hbond substituents is 2. The summed E-state index contributed by atoms with van der Waals surface area (Å²) in [5, 5.41) is 119. The predicted molar refractivity (Wildman–Crippen MR) is 517 cm³/mol. The summed E-state index contributed by atoms with van der Waals surface area (Å²) in [7, 11) is 0.993. The highest BCUT2D eigenvalue weighted by Gasteiger charge is 2.45. The van der Waals surface area contributed by atoms with Gasteiger partial charge in [-0.25, -0.2) is 4.79 Å². The Morgan fingerprint density at radius 3 is 1.01 bits per heavy atom. The van der Waals surface area contributed by atoms with Gasteiger partial charge in [-0.15, -0.1) is 0 Å². The van der Waals surface area contributed by atoms with E-state index in [1.807, 2.05) is 0 Å². The number of aliphatic hydroxyl groups is 4. The van der Waals surface area contributed by atoms with Crippen LogP contribution < -0.4 is 125 Å². The second-order valence-electron chi connectivity index (χ2n) is 37.6. The maximum absolute atomic E-state index is 14.6. The lowest BCUT2D eigenvalue weighted by Crippen LogP contribution is -2.63. The van der Waals surface area contributed by atoms with Crippen molar-refractivity contribution in [3.05, 3.63) is 59.7 Å². The van der Waals surface area contributed by atoms with Crippen molar-refractivity contribution in [2.75, 3.05) is 33.4 Å². The van der Waals surface area contributed by atoms with Gasteiger partial charge in [-0.1, -0.05) is 100 Å². The van der Waals surface area contributed by atoms with Crippen molar-refractivity contribution in [1.29, 1.82) is 0 Å². The summed E-state index contributed by atoms with van der Waals surface area (Å²) in [5.74, 6) is -33.6. The van der Waals surface area contributed by atoms with Gasteiger partial charge >= 0.3 is 11.9 Å². The van der Waals surface area contributed by atoms with Gasteiger partial charge in [0.15, 0.2) is 6.04 Å². The molecule has 0 bridgehead atoms. The van der Waals surface area contributed by atoms with E-state index in [1.54, 1.807) is 0 Å². The van der Waals surface area contributed by atoms with Crippen LogP contribution in [0.3, 0.4) is 0 Å². The van der Waals surface area contributed by atoms with Gasteiger partial charge in [0.05, 0.1) is 57.6 Å². The first-order valence-corrected chi connectivity index (χ1v) is 46.9. The molecule has 0 heterocycles. The molecule has 2 aromatic carbocycles. The number of nitrogens with zero attached hydrogens (tertiary/aromatic N) is 1. The summed E-state index contributed by atoms with van der Waals surface area (Å²) in [6, 6.07) is -21.4. The second kappa shape index (κ2) is 61.4. The Balaban J connectivity index is 2.47. The first-order chi connectivity index (χ1) is 68.3. The fraction of sp³-hybridized carbons (Fsp3) is 0.604. The molecule has 0 aromatic heterocycles. The molecule has 0 radical (unpaired) electrons. The Hall–Kier alpha value is -14.9. The van der Waals surface area contributed by atoms with Crippen LogP contribution in [0.4, 0.5) is 0 Å². The summed E-state index contributed by atoms with van der Waals surface area (Å²) in [6.07, 6.45) is -9.22. The van der Waals surface area contributed by atoms with E-state index in [4.69, 9.17) is 34.4 Å². The molecule has 2 aromatic rings. The molecule has 22 amide bonds. The number of aliphatic carboxylic acids is 2. The quantitative estimate of drug-likeness (QED) is 0.0274. The van der Waals surface area contributed by atoms with Crippen molar-refractivity contribution >= 4 is 142 Å². The Morgan fingerprint density at radius 2 is 0.653 bits per heavy atom. The maximum atomic E-state index is 14.6. The molecule has 20 atom stereocenters. The van der Waals surface area contributed by atoms with Gasteiger partial charge in [0.2, 0.25) is 130 Å². The number of carbonyl (C=O) groups excluding carboxylic acids is 22. The molecule has 0 unspecified atom stereocenters. The van der Waals surface area contributed by atoms with Crippen LogP contribution >= 0.6 is 0 Å². The minimum absolute atomic E-state index is 0.103. The number of hydrogen-bond donors (Lipinski definition) is 31. The highest BCUT2D eigenvalue weighted by atomic mass is 16.4. The van der Waals surface area contributed by atoms with Crippen molar-refractivity contribution in [3.8, 4) is 11.5 Å². The van der Waals surface area contributed by atoms with Gasteiger partial charge < -0.3 is 171 Å². The van der Waals surface area contributed by atoms with Crippen LogP contribution in [0.15, 0.2) is 48.5 Å². The van der Waals surface area contributed by atoms with E-state index >= 15 is 0 Å². The first-order valence-electron chi connectivity index (χ1n) is 46.9. The molecular weight excluding hydrogens is 1940 g/mol. The number of aromatic hydroxyl groups is 2. The number of hydrogen-bond acceptors (Lipinski definition) is 32. The highest BCUT2D eigenvalue weighted by Crippen LogP contribution is 2.26. The van der Waals surface area contributed by atoms with E-state index in [1.165, 1.54) is 139 Å². The molecule has 0 spiro atoms. The van der Waals surface area contributed by atoms with Gasteiger partial charge in [-0.2, -0.15) is 0 Å². The Bertz CT molecular complexity index is 4960. The number of primary amides is 4. The van der Waals surface area contributed by atoms with Crippen LogP contribution in [-0.4, -0.2) is 342 Å². The SMILES string of the molecule is CC(C)[C@H](NC(=O)[C@H](CC(N)=O)NC(=O)[C@@H](N(C)C(=O)[C@H](CO)NC(=O)[C@H](CC(N)=O)NC(=O)[C@H](CC(N)=O)NC(=O)[C@H](CC(N)=O)NC(=O)[C@@H](NC(=O)[C@H](CCC(=O)O)NC(=O)[C@@H](NC(=O)[C@H](Cc1ccc(O)cc1)NC(=O)[C@H](C)NC(=O)[C@@H](NC(=O)[C@H](CO)NC(=O)[C@@H](N)[C@@H](C)O)C(C)C)C(C)C)C(C)C)C(C)(C)C)C(=O)NCC(=O)N[C@@H](CCCCN)C(=O)N[C@@H](Cc1ccc(O)cc1)C(=O)N[C@H](C(=O)O)[C@@H](C)O. The van der Waals surface area contributed by atoms with E-state index in [0.29, 0.717) is 22.4 Å². The standard InChI is InChI=1S/C91H144N24O32/c1-39(2)67(84(140)98-36-64(126)100-50(18-16-17-29-92)74(130)103-53(31-47-21-25-49(121)26-22-47)80(136)114-71(45(11)119)90(146)147)110-81(137)57(35-63(96)125)107-88(144)72(91(12,13)14)115(15)89(145)59(38-117)109-78(134)55(33-61(94)123)105-76(132)54(32-60(93)122)104-77(133)56(34-62(95)124)106-87(143)70(42(7)8)111-75(131)51(27-28-65(127)128)101-86(142)69(41(5)6)112-79(135)52(30-46-19-23-48(120)24-20-46)102-73(129)43(9)99-85(141)68(40(3)4)113-82(138)58(37-116)108-83(139)66(97)44(10)118/h19-26,39-45,50-59,66-72,116-121H,16-18,27-38,92,97H2,1-15H3,(H2,93,122)(H2,94,123)(H2,95,124)(H2,96,125)(H,98,140)(H,99,141)(H,100,126)(H,101,142)(H,102,129)(H,103,130)(H,104,133)(H,105,132)(H,106,143)(H,107,144)(H,108,139)(H,109,134)(H,110,137)(H,111,131)(H,112,135)(H,113,138)(H,114,136)(H,127,128)(H,146,147)/t43-,44+,45+,50-,51-,52-,53-,54-,55-,56-,57-,58-,59-,66-,67-,68-,69-,70-,71-,72+/m0/s1. The molecule has 56 nitrogen and oxygen atoms in total. The van der Waals surface area contributed by atoms with E-state index in [-0.39, 0.29) is 43.7 Å². The maximum Gasteiger partial charge on any atom is 0.328 e. The lowest BCUT2D eigenvalue weighted by molar-refractivity contribution is -0.147. The van der Waals surface area contributed by atoms with E-state index in [2.05, 4.69) is 90.4 Å². The number of nitrogens with one attached hydrogen (secondary N) is 17. The number of likely N-dealkylation sites (N-methyl/N-ethyl adjacent to an activating group) is 1. The number of carboxylic acid groups (broad SMARTS) is 2. The van der Waals surface area contributed by atoms with Crippen molar-refractivity contribution in [1.82, 2.24) is 95.3 Å². The smallest absolute Gasteiger partial charge is 0.328 e. The minimum atomic E-state index is -2.25. The summed E-state index contributed by atoms with van der Waals surface area (Å²) in [5.41, 5.74) is 32.6. The molecule has 56 heteroatoms. The van der Waals surface area contributed by atoms with Crippen molar-refractivity contribution < 1.29 is 156 Å². The lowest BCUT2D eigenvalue weighted by atomic mass is 9.84. The monoisotopic (exact) mass is 2090 g/mol. The van der Waals surface area contributed by atoms with Crippen LogP contribution in [0.1, 0.15) is 166 Å².